The van der Waals surface area contributed by atoms with Crippen molar-refractivity contribution in [3.63, 3.8) is 0 Å². The monoisotopic (exact) mass is 227 g/mol. The molecule has 3 amide bonds. The molecule has 0 aliphatic heterocycles. The maximum atomic E-state index is 11.3. The number of rotatable bonds is 4. The van der Waals surface area contributed by atoms with Crippen molar-refractivity contribution in [2.75, 3.05) is 13.1 Å². The zero-order valence-corrected chi connectivity index (χ0v) is 10.2. The SMILES string of the molecule is CC(C)(C)NC(=O)NCCNC(=O)C1CC1. The Bertz CT molecular complexity index is 267. The standard InChI is InChI=1S/C11H21N3O2/c1-11(2,3)14-10(16)13-7-6-12-9(15)8-4-5-8/h8H,4-7H2,1-3H3,(H,12,15)(H2,13,14,16). The van der Waals surface area contributed by atoms with Crippen LogP contribution in [0.25, 0.3) is 0 Å². The lowest BCUT2D eigenvalue weighted by Crippen LogP contribution is -2.48. The predicted molar refractivity (Wildman–Crippen MR) is 62.0 cm³/mol. The average molecular weight is 227 g/mol. The van der Waals surface area contributed by atoms with Crippen LogP contribution >= 0.6 is 0 Å². The molecule has 0 aromatic carbocycles. The van der Waals surface area contributed by atoms with E-state index in [0.717, 1.165) is 12.8 Å². The fourth-order valence-electron chi connectivity index (χ4n) is 1.24. The first-order chi connectivity index (χ1) is 7.38. The molecule has 16 heavy (non-hydrogen) atoms. The summed E-state index contributed by atoms with van der Waals surface area (Å²) in [5, 5.41) is 8.25. The summed E-state index contributed by atoms with van der Waals surface area (Å²) in [6.07, 6.45) is 2.01. The Kier molecular flexibility index (Phi) is 4.15. The second kappa shape index (κ2) is 5.18. The van der Waals surface area contributed by atoms with Gasteiger partial charge in [0.2, 0.25) is 5.91 Å². The molecule has 1 aliphatic rings. The number of amides is 3. The van der Waals surface area contributed by atoms with E-state index >= 15 is 0 Å². The molecule has 0 atom stereocenters. The summed E-state index contributed by atoms with van der Waals surface area (Å²) in [6, 6.07) is -0.201. The van der Waals surface area contributed by atoms with Gasteiger partial charge in [-0.2, -0.15) is 0 Å². The maximum absolute atomic E-state index is 11.3. The van der Waals surface area contributed by atoms with Gasteiger partial charge in [0.25, 0.3) is 0 Å². The van der Waals surface area contributed by atoms with E-state index in [1.54, 1.807) is 0 Å². The lowest BCUT2D eigenvalue weighted by atomic mass is 10.1. The maximum Gasteiger partial charge on any atom is 0.315 e. The highest BCUT2D eigenvalue weighted by Crippen LogP contribution is 2.28. The topological polar surface area (TPSA) is 70.2 Å². The minimum Gasteiger partial charge on any atom is -0.354 e. The van der Waals surface area contributed by atoms with Crippen LogP contribution in [0.1, 0.15) is 33.6 Å². The van der Waals surface area contributed by atoms with Crippen molar-refractivity contribution in [1.29, 1.82) is 0 Å². The number of hydrogen-bond donors (Lipinski definition) is 3. The van der Waals surface area contributed by atoms with Crippen molar-refractivity contribution in [2.45, 2.75) is 39.2 Å². The number of nitrogens with one attached hydrogen (secondary N) is 3. The summed E-state index contributed by atoms with van der Waals surface area (Å²) in [4.78, 5) is 22.6. The molecule has 1 rings (SSSR count). The van der Waals surface area contributed by atoms with Gasteiger partial charge in [0.15, 0.2) is 0 Å². The van der Waals surface area contributed by atoms with E-state index in [1.165, 1.54) is 0 Å². The van der Waals surface area contributed by atoms with Crippen molar-refractivity contribution in [3.05, 3.63) is 0 Å². The summed E-state index contributed by atoms with van der Waals surface area (Å²) < 4.78 is 0. The molecule has 0 saturated heterocycles. The smallest absolute Gasteiger partial charge is 0.315 e. The molecule has 1 aliphatic carbocycles. The molecule has 0 radical (unpaired) electrons. The Labute approximate surface area is 96.4 Å². The van der Waals surface area contributed by atoms with Gasteiger partial charge >= 0.3 is 6.03 Å². The van der Waals surface area contributed by atoms with Crippen LogP contribution < -0.4 is 16.0 Å². The third-order valence-corrected chi connectivity index (χ3v) is 2.15. The fourth-order valence-corrected chi connectivity index (χ4v) is 1.24. The van der Waals surface area contributed by atoms with Gasteiger partial charge < -0.3 is 16.0 Å². The van der Waals surface area contributed by atoms with Gasteiger partial charge in [0, 0.05) is 24.5 Å². The third-order valence-electron chi connectivity index (χ3n) is 2.15. The fraction of sp³-hybridized carbons (Fsp3) is 0.818. The first kappa shape index (κ1) is 12.8. The Morgan fingerprint density at radius 2 is 1.69 bits per heavy atom. The molecule has 5 nitrogen and oxygen atoms in total. The summed E-state index contributed by atoms with van der Waals surface area (Å²) >= 11 is 0. The van der Waals surface area contributed by atoms with Gasteiger partial charge in [-0.3, -0.25) is 4.79 Å². The summed E-state index contributed by atoms with van der Waals surface area (Å²) in [5.74, 6) is 0.335. The Hall–Kier alpha value is -1.26. The predicted octanol–water partition coefficient (Wildman–Crippen LogP) is 0.610. The number of carbonyl (C=O) groups excluding carboxylic acids is 2. The molecule has 1 saturated carbocycles. The Morgan fingerprint density at radius 3 is 2.19 bits per heavy atom. The van der Waals surface area contributed by atoms with E-state index in [0.29, 0.717) is 13.1 Å². The van der Waals surface area contributed by atoms with Crippen LogP contribution in [0.15, 0.2) is 0 Å². The second-order valence-corrected chi connectivity index (χ2v) is 5.20. The lowest BCUT2D eigenvalue weighted by Gasteiger charge is -2.20. The molecule has 0 aromatic rings. The Morgan fingerprint density at radius 1 is 1.12 bits per heavy atom. The molecule has 3 N–H and O–H groups in total. The molecular formula is C11H21N3O2. The zero-order chi connectivity index (χ0) is 12.2. The van der Waals surface area contributed by atoms with Gasteiger partial charge in [-0.15, -0.1) is 0 Å². The van der Waals surface area contributed by atoms with Gasteiger partial charge in [-0.25, -0.2) is 4.79 Å². The van der Waals surface area contributed by atoms with Crippen molar-refractivity contribution in [1.82, 2.24) is 16.0 Å². The van der Waals surface area contributed by atoms with E-state index in [2.05, 4.69) is 16.0 Å². The second-order valence-electron chi connectivity index (χ2n) is 5.20. The molecule has 1 fully saturated rings. The highest BCUT2D eigenvalue weighted by atomic mass is 16.2. The van der Waals surface area contributed by atoms with Crippen molar-refractivity contribution in [2.24, 2.45) is 5.92 Å². The van der Waals surface area contributed by atoms with Crippen molar-refractivity contribution >= 4 is 11.9 Å². The van der Waals surface area contributed by atoms with E-state index in [-0.39, 0.29) is 23.4 Å². The van der Waals surface area contributed by atoms with Crippen LogP contribution in [0.5, 0.6) is 0 Å². The summed E-state index contributed by atoms with van der Waals surface area (Å²) in [6.45, 7) is 6.71. The number of hydrogen-bond acceptors (Lipinski definition) is 2. The minimum atomic E-state index is -0.235. The van der Waals surface area contributed by atoms with Crippen LogP contribution in [0.3, 0.4) is 0 Å². The number of carbonyl (C=O) groups is 2. The highest BCUT2D eigenvalue weighted by Gasteiger charge is 2.28. The van der Waals surface area contributed by atoms with Crippen molar-refractivity contribution < 1.29 is 9.59 Å². The Balaban J connectivity index is 2.02. The number of urea groups is 1. The van der Waals surface area contributed by atoms with E-state index in [1.807, 2.05) is 20.8 Å². The molecule has 0 unspecified atom stereocenters. The van der Waals surface area contributed by atoms with Gasteiger partial charge in [0.1, 0.15) is 0 Å². The largest absolute Gasteiger partial charge is 0.354 e. The zero-order valence-electron chi connectivity index (χ0n) is 10.2. The van der Waals surface area contributed by atoms with E-state index < -0.39 is 0 Å². The molecular weight excluding hydrogens is 206 g/mol. The summed E-state index contributed by atoms with van der Waals surface area (Å²) in [5.41, 5.74) is -0.235. The minimum absolute atomic E-state index is 0.109. The molecule has 0 aromatic heterocycles. The molecule has 0 heterocycles. The highest BCUT2D eigenvalue weighted by molar-refractivity contribution is 5.80. The van der Waals surface area contributed by atoms with Gasteiger partial charge in [0.05, 0.1) is 0 Å². The van der Waals surface area contributed by atoms with Crippen LogP contribution in [0, 0.1) is 5.92 Å². The molecule has 92 valence electrons. The van der Waals surface area contributed by atoms with Crippen LogP contribution in [0.2, 0.25) is 0 Å². The van der Waals surface area contributed by atoms with E-state index in [9.17, 15) is 9.59 Å². The van der Waals surface area contributed by atoms with Gasteiger partial charge in [-0.1, -0.05) is 0 Å². The first-order valence-electron chi connectivity index (χ1n) is 5.72. The summed E-state index contributed by atoms with van der Waals surface area (Å²) in [7, 11) is 0. The quantitative estimate of drug-likeness (QED) is 0.616. The van der Waals surface area contributed by atoms with Crippen LogP contribution in [-0.2, 0) is 4.79 Å². The molecule has 0 bridgehead atoms. The average Bonchev–Trinajstić information content (AvgIpc) is 2.91. The van der Waals surface area contributed by atoms with E-state index in [4.69, 9.17) is 0 Å². The molecule has 0 spiro atoms. The first-order valence-corrected chi connectivity index (χ1v) is 5.72. The third kappa shape index (κ3) is 5.58. The van der Waals surface area contributed by atoms with Crippen LogP contribution in [-0.4, -0.2) is 30.6 Å². The normalized spacial score (nSPS) is 15.4. The molecule has 5 heteroatoms. The lowest BCUT2D eigenvalue weighted by molar-refractivity contribution is -0.122. The van der Waals surface area contributed by atoms with Gasteiger partial charge in [-0.05, 0) is 33.6 Å². The van der Waals surface area contributed by atoms with Crippen molar-refractivity contribution in [3.8, 4) is 0 Å². The van der Waals surface area contributed by atoms with Crippen LogP contribution in [0.4, 0.5) is 4.79 Å².